The van der Waals surface area contributed by atoms with E-state index in [1.54, 1.807) is 0 Å². The highest BCUT2D eigenvalue weighted by molar-refractivity contribution is 7.92. The second-order valence-corrected chi connectivity index (χ2v) is 5.33. The van der Waals surface area contributed by atoms with Crippen molar-refractivity contribution in [1.29, 1.82) is 0 Å². The van der Waals surface area contributed by atoms with Crippen LogP contribution in [0.5, 0.6) is 0 Å². The third-order valence-electron chi connectivity index (χ3n) is 2.17. The Hall–Kier alpha value is -1.48. The molecule has 1 aliphatic heterocycles. The van der Waals surface area contributed by atoms with Crippen LogP contribution in [0.15, 0.2) is 18.2 Å². The van der Waals surface area contributed by atoms with Gasteiger partial charge in [0.05, 0.1) is 23.2 Å². The molecule has 2 rings (SSSR count). The van der Waals surface area contributed by atoms with Gasteiger partial charge in [-0.2, -0.15) is 17.6 Å². The Labute approximate surface area is 95.2 Å². The van der Waals surface area contributed by atoms with Gasteiger partial charge < -0.3 is 5.43 Å². The van der Waals surface area contributed by atoms with Gasteiger partial charge in [0.25, 0.3) is 0 Å². The summed E-state index contributed by atoms with van der Waals surface area (Å²) in [6.07, 6.45) is -3.52. The van der Waals surface area contributed by atoms with Crippen LogP contribution in [0.2, 0.25) is 0 Å². The van der Waals surface area contributed by atoms with Crippen LogP contribution in [0.4, 0.5) is 24.5 Å². The van der Waals surface area contributed by atoms with Gasteiger partial charge in [0, 0.05) is 0 Å². The van der Waals surface area contributed by atoms with Crippen molar-refractivity contribution in [3.63, 3.8) is 0 Å². The molecule has 0 amide bonds. The number of anilines is 2. The third-order valence-corrected chi connectivity index (χ3v) is 3.12. The van der Waals surface area contributed by atoms with Gasteiger partial charge in [0.1, 0.15) is 0 Å². The fourth-order valence-corrected chi connectivity index (χ4v) is 2.15. The molecule has 0 radical (unpaired) electrons. The molecule has 5 nitrogen and oxygen atoms in total. The molecule has 17 heavy (non-hydrogen) atoms. The van der Waals surface area contributed by atoms with E-state index in [4.69, 9.17) is 0 Å². The third kappa shape index (κ3) is 2.15. The predicted octanol–water partition coefficient (Wildman–Crippen LogP) is 1.32. The summed E-state index contributed by atoms with van der Waals surface area (Å²) in [5.74, 6) is 0. The van der Waals surface area contributed by atoms with Gasteiger partial charge in [-0.25, -0.2) is 8.42 Å². The SMILES string of the molecule is CS(=O)(=O)N1NNc2cc(C(F)(F)F)ccc21. The number of halogens is 3. The highest BCUT2D eigenvalue weighted by Gasteiger charge is 2.33. The van der Waals surface area contributed by atoms with Crippen molar-refractivity contribution >= 4 is 21.4 Å². The monoisotopic (exact) mass is 267 g/mol. The maximum atomic E-state index is 12.4. The van der Waals surface area contributed by atoms with Gasteiger partial charge in [0.2, 0.25) is 10.0 Å². The van der Waals surface area contributed by atoms with Crippen molar-refractivity contribution in [2.45, 2.75) is 6.18 Å². The summed E-state index contributed by atoms with van der Waals surface area (Å²) in [6.45, 7) is 0. The summed E-state index contributed by atoms with van der Waals surface area (Å²) >= 11 is 0. The number of nitrogens with one attached hydrogen (secondary N) is 2. The predicted molar refractivity (Wildman–Crippen MR) is 55.5 cm³/mol. The molecular weight excluding hydrogens is 259 g/mol. The average molecular weight is 267 g/mol. The van der Waals surface area contributed by atoms with Crippen LogP contribution in [0.3, 0.4) is 0 Å². The second kappa shape index (κ2) is 3.50. The van der Waals surface area contributed by atoms with Gasteiger partial charge in [-0.05, 0) is 18.2 Å². The van der Waals surface area contributed by atoms with Crippen LogP contribution in [0.25, 0.3) is 0 Å². The highest BCUT2D eigenvalue weighted by atomic mass is 32.2. The Bertz CT molecular complexity index is 556. The van der Waals surface area contributed by atoms with E-state index in [1.807, 2.05) is 0 Å². The number of hydrogen-bond acceptors (Lipinski definition) is 4. The van der Waals surface area contributed by atoms with Gasteiger partial charge in [-0.1, -0.05) is 0 Å². The maximum absolute atomic E-state index is 12.4. The van der Waals surface area contributed by atoms with Crippen molar-refractivity contribution in [2.24, 2.45) is 0 Å². The molecule has 9 heteroatoms. The molecule has 2 N–H and O–H groups in total. The molecule has 0 bridgehead atoms. The lowest BCUT2D eigenvalue weighted by molar-refractivity contribution is -0.137. The second-order valence-electron chi connectivity index (χ2n) is 3.49. The molecule has 0 saturated heterocycles. The molecule has 0 aromatic heterocycles. The first-order valence-corrected chi connectivity index (χ1v) is 6.27. The number of rotatable bonds is 1. The lowest BCUT2D eigenvalue weighted by Crippen LogP contribution is -2.40. The number of benzene rings is 1. The van der Waals surface area contributed by atoms with Gasteiger partial charge in [-0.15, -0.1) is 5.53 Å². The molecule has 1 aliphatic rings. The molecule has 0 unspecified atom stereocenters. The van der Waals surface area contributed by atoms with Crippen LogP contribution in [0.1, 0.15) is 5.56 Å². The Morgan fingerprint density at radius 2 is 1.94 bits per heavy atom. The molecule has 0 atom stereocenters. The average Bonchev–Trinajstić information content (AvgIpc) is 2.57. The zero-order valence-electron chi connectivity index (χ0n) is 8.54. The normalized spacial score (nSPS) is 15.6. The van der Waals surface area contributed by atoms with Crippen LogP contribution >= 0.6 is 0 Å². The first-order valence-electron chi connectivity index (χ1n) is 4.43. The van der Waals surface area contributed by atoms with Crippen molar-refractivity contribution in [3.05, 3.63) is 23.8 Å². The molecule has 0 spiro atoms. The Morgan fingerprint density at radius 3 is 2.47 bits per heavy atom. The van der Waals surface area contributed by atoms with Crippen LogP contribution < -0.4 is 15.4 Å². The molecule has 94 valence electrons. The molecule has 0 fully saturated rings. The molecule has 0 aliphatic carbocycles. The van der Waals surface area contributed by atoms with Gasteiger partial charge >= 0.3 is 6.18 Å². The van der Waals surface area contributed by atoms with Crippen LogP contribution in [0, 0.1) is 0 Å². The first kappa shape index (κ1) is 12.0. The van der Waals surface area contributed by atoms with E-state index in [-0.39, 0.29) is 11.4 Å². The van der Waals surface area contributed by atoms with E-state index >= 15 is 0 Å². The fraction of sp³-hybridized carbons (Fsp3) is 0.250. The number of hydrazine groups is 2. The summed E-state index contributed by atoms with van der Waals surface area (Å²) in [7, 11) is -3.59. The van der Waals surface area contributed by atoms with Crippen molar-refractivity contribution in [2.75, 3.05) is 16.1 Å². The summed E-state index contributed by atoms with van der Waals surface area (Å²) in [5.41, 5.74) is 3.97. The van der Waals surface area contributed by atoms with Gasteiger partial charge in [-0.3, -0.25) is 0 Å². The smallest absolute Gasteiger partial charge is 0.301 e. The minimum Gasteiger partial charge on any atom is -0.301 e. The Morgan fingerprint density at radius 1 is 1.29 bits per heavy atom. The molecular formula is C8H8F3N3O2S. The van der Waals surface area contributed by atoms with Crippen molar-refractivity contribution < 1.29 is 21.6 Å². The lowest BCUT2D eigenvalue weighted by atomic mass is 10.2. The van der Waals surface area contributed by atoms with E-state index in [0.717, 1.165) is 28.9 Å². The van der Waals surface area contributed by atoms with E-state index in [2.05, 4.69) is 11.0 Å². The summed E-state index contributed by atoms with van der Waals surface area (Å²) in [5, 5.41) is 0. The number of hydrogen-bond donors (Lipinski definition) is 2. The van der Waals surface area contributed by atoms with E-state index in [1.165, 1.54) is 0 Å². The molecule has 1 aromatic rings. The summed E-state index contributed by atoms with van der Waals surface area (Å²) in [4.78, 5) is 0. The zero-order chi connectivity index (χ0) is 12.8. The Balaban J connectivity index is 2.46. The van der Waals surface area contributed by atoms with Crippen LogP contribution in [-0.4, -0.2) is 14.7 Å². The summed E-state index contributed by atoms with van der Waals surface area (Å²) < 4.78 is 60.5. The molecule has 1 heterocycles. The van der Waals surface area contributed by atoms with E-state index < -0.39 is 21.8 Å². The van der Waals surface area contributed by atoms with Crippen LogP contribution in [-0.2, 0) is 16.2 Å². The number of fused-ring (bicyclic) bond motifs is 1. The quantitative estimate of drug-likeness (QED) is 0.805. The topological polar surface area (TPSA) is 61.4 Å². The Kier molecular flexibility index (Phi) is 2.47. The minimum atomic E-state index is -4.46. The number of sulfonamides is 1. The number of alkyl halides is 3. The zero-order valence-corrected chi connectivity index (χ0v) is 9.35. The van der Waals surface area contributed by atoms with E-state index in [9.17, 15) is 21.6 Å². The first-order chi connectivity index (χ1) is 7.69. The standard InChI is InChI=1S/C8H8F3N3O2S/c1-17(15,16)14-7-3-2-5(8(9,10)11)4-6(7)12-13-14/h2-4,12-13H,1H3. The highest BCUT2D eigenvalue weighted by Crippen LogP contribution is 2.37. The van der Waals surface area contributed by atoms with Crippen molar-refractivity contribution in [1.82, 2.24) is 5.53 Å². The largest absolute Gasteiger partial charge is 0.416 e. The van der Waals surface area contributed by atoms with E-state index in [0.29, 0.717) is 0 Å². The maximum Gasteiger partial charge on any atom is 0.416 e. The molecule has 1 aromatic carbocycles. The summed E-state index contributed by atoms with van der Waals surface area (Å²) in [6, 6.07) is 2.76. The minimum absolute atomic E-state index is 0.0604. The number of nitrogens with zero attached hydrogens (tertiary/aromatic N) is 1. The van der Waals surface area contributed by atoms with Crippen molar-refractivity contribution in [3.8, 4) is 0 Å². The van der Waals surface area contributed by atoms with Gasteiger partial charge in [0.15, 0.2) is 0 Å². The lowest BCUT2D eigenvalue weighted by Gasteiger charge is -2.14. The molecule has 0 saturated carbocycles. The fourth-order valence-electron chi connectivity index (χ4n) is 1.42.